The summed E-state index contributed by atoms with van der Waals surface area (Å²) in [4.78, 5) is 11.9. The van der Waals surface area contributed by atoms with E-state index < -0.39 is 34.0 Å². The van der Waals surface area contributed by atoms with E-state index in [4.69, 9.17) is 9.47 Å². The van der Waals surface area contributed by atoms with Gasteiger partial charge >= 0.3 is 0 Å². The largest absolute Gasteiger partial charge is 0.396 e. The fourth-order valence-electron chi connectivity index (χ4n) is 8.06. The average Bonchev–Trinajstić information content (AvgIpc) is 3.03. The molecule has 6 heteroatoms. The van der Waals surface area contributed by atoms with E-state index >= 15 is 4.39 Å². The van der Waals surface area contributed by atoms with Gasteiger partial charge in [0.15, 0.2) is 17.2 Å². The molecule has 4 fully saturated rings. The van der Waals surface area contributed by atoms with Gasteiger partial charge in [-0.15, -0.1) is 0 Å². The van der Waals surface area contributed by atoms with Gasteiger partial charge in [-0.25, -0.2) is 4.39 Å². The molecular weight excluding hydrogens is 387 g/mol. The summed E-state index contributed by atoms with van der Waals surface area (Å²) in [6.45, 7) is 7.63. The predicted octanol–water partition coefficient (Wildman–Crippen LogP) is 3.24. The van der Waals surface area contributed by atoms with E-state index in [-0.39, 0.29) is 36.8 Å². The Morgan fingerprint density at radius 3 is 2.67 bits per heavy atom. The summed E-state index contributed by atoms with van der Waals surface area (Å²) < 4.78 is 29.9. The zero-order chi connectivity index (χ0) is 21.7. The van der Waals surface area contributed by atoms with E-state index in [1.54, 1.807) is 12.2 Å². The van der Waals surface area contributed by atoms with Crippen molar-refractivity contribution in [2.45, 2.75) is 89.1 Å². The van der Waals surface area contributed by atoms with E-state index in [1.807, 2.05) is 20.8 Å². The molecule has 30 heavy (non-hydrogen) atoms. The van der Waals surface area contributed by atoms with Crippen LogP contribution < -0.4 is 0 Å². The first-order valence-corrected chi connectivity index (χ1v) is 11.2. The van der Waals surface area contributed by atoms with Crippen LogP contribution in [0.4, 0.5) is 4.39 Å². The number of hydrogen-bond donors (Lipinski definition) is 2. The van der Waals surface area contributed by atoms with Crippen LogP contribution in [0.2, 0.25) is 0 Å². The lowest BCUT2D eigenvalue weighted by Crippen LogP contribution is -2.68. The summed E-state index contributed by atoms with van der Waals surface area (Å²) in [6, 6.07) is 0. The molecule has 0 amide bonds. The third-order valence-electron chi connectivity index (χ3n) is 9.32. The fraction of sp³-hybridized carbons (Fsp3) is 0.792. The Morgan fingerprint density at radius 2 is 1.97 bits per heavy atom. The lowest BCUT2D eigenvalue weighted by molar-refractivity contribution is -0.252. The van der Waals surface area contributed by atoms with Crippen LogP contribution in [0.5, 0.6) is 0 Å². The number of ketones is 1. The second-order valence-corrected chi connectivity index (χ2v) is 11.0. The Hall–Kier alpha value is -1.08. The van der Waals surface area contributed by atoms with Gasteiger partial charge in [-0.05, 0) is 64.5 Å². The summed E-state index contributed by atoms with van der Waals surface area (Å²) in [5, 5.41) is 21.3. The van der Waals surface area contributed by atoms with Crippen molar-refractivity contribution >= 4 is 5.78 Å². The Kier molecular flexibility index (Phi) is 4.18. The van der Waals surface area contributed by atoms with Gasteiger partial charge < -0.3 is 19.7 Å². The van der Waals surface area contributed by atoms with Crippen molar-refractivity contribution in [2.75, 3.05) is 6.61 Å². The van der Waals surface area contributed by atoms with Crippen molar-refractivity contribution < 1.29 is 28.9 Å². The summed E-state index contributed by atoms with van der Waals surface area (Å²) in [5.74, 6) is -1.30. The Morgan fingerprint density at radius 1 is 1.23 bits per heavy atom. The number of carbonyl (C=O) groups is 1. The number of halogens is 1. The molecule has 0 spiro atoms. The van der Waals surface area contributed by atoms with Crippen LogP contribution in [0.3, 0.4) is 0 Å². The van der Waals surface area contributed by atoms with Gasteiger partial charge in [0.1, 0.15) is 5.60 Å². The molecular formula is C24H33FO5. The molecule has 0 aromatic rings. The van der Waals surface area contributed by atoms with Gasteiger partial charge in [-0.2, -0.15) is 0 Å². The van der Waals surface area contributed by atoms with E-state index in [9.17, 15) is 15.0 Å². The van der Waals surface area contributed by atoms with Gasteiger partial charge in [-0.3, -0.25) is 4.79 Å². The molecule has 1 aliphatic heterocycles. The van der Waals surface area contributed by atoms with Crippen LogP contribution in [0.1, 0.15) is 59.8 Å². The molecule has 0 aromatic carbocycles. The molecule has 8 atom stereocenters. The molecule has 2 unspecified atom stereocenters. The highest BCUT2D eigenvalue weighted by Gasteiger charge is 2.77. The molecule has 4 aliphatic carbocycles. The summed E-state index contributed by atoms with van der Waals surface area (Å²) >= 11 is 0. The number of aliphatic hydroxyl groups excluding tert-OH is 2. The molecule has 2 N–H and O–H groups in total. The molecule has 0 bridgehead atoms. The molecule has 5 rings (SSSR count). The third kappa shape index (κ3) is 2.24. The number of fused-ring (bicyclic) bond motifs is 7. The zero-order valence-corrected chi connectivity index (χ0v) is 18.3. The number of alkyl halides is 1. The minimum atomic E-state index is -1.85. The summed E-state index contributed by atoms with van der Waals surface area (Å²) in [5.41, 5.74) is -3.32. The maximum atomic E-state index is 17.1. The molecule has 5 nitrogen and oxygen atoms in total. The normalized spacial score (nSPS) is 53.6. The number of aliphatic hydroxyl groups is 2. The van der Waals surface area contributed by atoms with E-state index in [2.05, 4.69) is 6.92 Å². The number of hydrogen-bond acceptors (Lipinski definition) is 5. The van der Waals surface area contributed by atoms with E-state index in [1.165, 1.54) is 6.08 Å². The second-order valence-electron chi connectivity index (χ2n) is 11.0. The Labute approximate surface area is 177 Å². The second kappa shape index (κ2) is 6.03. The molecule has 0 aromatic heterocycles. The van der Waals surface area contributed by atoms with Gasteiger partial charge in [0, 0.05) is 29.8 Å². The summed E-state index contributed by atoms with van der Waals surface area (Å²) in [7, 11) is 0. The van der Waals surface area contributed by atoms with E-state index in [0.717, 1.165) is 5.57 Å². The molecule has 5 aliphatic rings. The molecule has 1 saturated heterocycles. The lowest BCUT2D eigenvalue weighted by atomic mass is 9.44. The van der Waals surface area contributed by atoms with Crippen LogP contribution >= 0.6 is 0 Å². The maximum absolute atomic E-state index is 17.1. The number of carbonyl (C=O) groups excluding carboxylic acids is 1. The highest BCUT2D eigenvalue weighted by atomic mass is 19.1. The van der Waals surface area contributed by atoms with Gasteiger partial charge in [0.2, 0.25) is 0 Å². The predicted molar refractivity (Wildman–Crippen MR) is 108 cm³/mol. The smallest absolute Gasteiger partial charge is 0.178 e. The fourth-order valence-corrected chi connectivity index (χ4v) is 8.06. The van der Waals surface area contributed by atoms with Crippen molar-refractivity contribution in [1.82, 2.24) is 0 Å². The van der Waals surface area contributed by atoms with E-state index in [0.29, 0.717) is 25.7 Å². The van der Waals surface area contributed by atoms with Crippen LogP contribution in [-0.4, -0.2) is 51.9 Å². The van der Waals surface area contributed by atoms with Crippen molar-refractivity contribution in [3.05, 3.63) is 23.8 Å². The molecule has 1 heterocycles. The van der Waals surface area contributed by atoms with Crippen molar-refractivity contribution in [2.24, 2.45) is 22.7 Å². The average molecular weight is 421 g/mol. The first-order valence-electron chi connectivity index (χ1n) is 11.2. The van der Waals surface area contributed by atoms with Crippen LogP contribution in [0.25, 0.3) is 0 Å². The SMILES string of the molecule is CC1(C)OC2C[C@H]3C4CCC5=CC(=O)C=C[C@]5(C)[C@@]4(F)[C@@H](O)C[C@]3(C)[C@]2(CCO)O1. The molecule has 0 radical (unpaired) electrons. The Bertz CT molecular complexity index is 851. The minimum absolute atomic E-state index is 0.0389. The lowest BCUT2D eigenvalue weighted by Gasteiger charge is -2.63. The van der Waals surface area contributed by atoms with Crippen molar-refractivity contribution in [3.8, 4) is 0 Å². The maximum Gasteiger partial charge on any atom is 0.178 e. The van der Waals surface area contributed by atoms with Gasteiger partial charge in [-0.1, -0.05) is 18.6 Å². The summed E-state index contributed by atoms with van der Waals surface area (Å²) in [6.07, 6.45) is 5.78. The number of allylic oxidation sites excluding steroid dienone is 4. The molecule has 3 saturated carbocycles. The van der Waals surface area contributed by atoms with Gasteiger partial charge in [0.05, 0.1) is 12.2 Å². The van der Waals surface area contributed by atoms with Crippen LogP contribution in [-0.2, 0) is 14.3 Å². The van der Waals surface area contributed by atoms with Crippen LogP contribution in [0, 0.1) is 22.7 Å². The highest BCUT2D eigenvalue weighted by molar-refractivity contribution is 6.01. The van der Waals surface area contributed by atoms with Crippen LogP contribution in [0.15, 0.2) is 23.8 Å². The first-order chi connectivity index (χ1) is 13.9. The first kappa shape index (κ1) is 20.8. The topological polar surface area (TPSA) is 76.0 Å². The van der Waals surface area contributed by atoms with Crippen molar-refractivity contribution in [3.63, 3.8) is 0 Å². The number of rotatable bonds is 2. The number of ether oxygens (including phenoxy) is 2. The minimum Gasteiger partial charge on any atom is -0.396 e. The monoisotopic (exact) mass is 420 g/mol. The quantitative estimate of drug-likeness (QED) is 0.717. The van der Waals surface area contributed by atoms with Gasteiger partial charge in [0.25, 0.3) is 0 Å². The standard InChI is InChI=1S/C24H33FO5/c1-20(2)29-19-12-17-16-6-5-14-11-15(27)7-8-21(14,3)24(16,25)18(28)13-22(17,4)23(19,30-20)9-10-26/h7-8,11,16-19,26,28H,5-6,9-10,12-13H2,1-4H3/t16?,17-,18-,19?,21-,22-,23+,24-/m0/s1. The third-order valence-corrected chi connectivity index (χ3v) is 9.32. The zero-order valence-electron chi connectivity index (χ0n) is 18.3. The highest BCUT2D eigenvalue weighted by Crippen LogP contribution is 2.72. The Balaban J connectivity index is 1.61. The van der Waals surface area contributed by atoms with Crippen molar-refractivity contribution in [1.29, 1.82) is 0 Å². The molecule has 166 valence electrons.